The van der Waals surface area contributed by atoms with E-state index in [9.17, 15) is 12.8 Å². The Morgan fingerprint density at radius 3 is 2.65 bits per heavy atom. The third-order valence-corrected chi connectivity index (χ3v) is 7.62. The number of halogens is 2. The number of nitrogens with one attached hydrogen (secondary N) is 2. The summed E-state index contributed by atoms with van der Waals surface area (Å²) in [6, 6.07) is 9.73. The Morgan fingerprint density at radius 1 is 1.11 bits per heavy atom. The Labute approximate surface area is 212 Å². The van der Waals surface area contributed by atoms with Gasteiger partial charge in [-0.25, -0.2) is 27.2 Å². The molecule has 2 aromatic carbocycles. The van der Waals surface area contributed by atoms with Crippen molar-refractivity contribution in [1.82, 2.24) is 25.1 Å². The maximum atomic E-state index is 15.9. The molecule has 0 atom stereocenters. The molecule has 0 aliphatic carbocycles. The Kier molecular flexibility index (Phi) is 6.61. The van der Waals surface area contributed by atoms with Crippen LogP contribution in [0.1, 0.15) is 24.4 Å². The summed E-state index contributed by atoms with van der Waals surface area (Å²) in [5, 5.41) is 8.01. The lowest BCUT2D eigenvalue weighted by molar-refractivity contribution is 0.343. The second-order valence-corrected chi connectivity index (χ2v) is 10.5. The van der Waals surface area contributed by atoms with Gasteiger partial charge in [0, 0.05) is 23.5 Å². The maximum Gasteiger partial charge on any atom is 0.264 e. The fraction of sp³-hybridized carbons (Fsp3) is 0.240. The molecule has 0 amide bonds. The van der Waals surface area contributed by atoms with Crippen LogP contribution in [-0.2, 0) is 10.0 Å². The third-order valence-electron chi connectivity index (χ3n) is 6.24. The number of hydrogen-bond donors (Lipinski definition) is 3. The molecular formula is C25H25F2N7O2S. The van der Waals surface area contributed by atoms with Gasteiger partial charge in [-0.05, 0) is 68.8 Å². The minimum Gasteiger partial charge on any atom is -0.368 e. The minimum absolute atomic E-state index is 0.0558. The standard InChI is InChI=1S/C25H25F2N7O2S/c1-15-5-6-19(26)22(13-15)37(35,36)33-21-4-2-3-17(23(21)27)24-18(20-9-12-30-25(28)31-20)14-34(32-24)16-7-10-29-11-8-16/h2-6,9,12-14,16,29,33H,7-8,10-11H2,1H3,(H2,28,30,31). The van der Waals surface area contributed by atoms with Crippen LogP contribution in [0.25, 0.3) is 22.5 Å². The number of sulfonamides is 1. The molecule has 1 fully saturated rings. The van der Waals surface area contributed by atoms with Gasteiger partial charge in [-0.1, -0.05) is 12.1 Å². The van der Waals surface area contributed by atoms with E-state index in [2.05, 4.69) is 20.0 Å². The number of aromatic nitrogens is 4. The van der Waals surface area contributed by atoms with Crippen molar-refractivity contribution < 1.29 is 17.2 Å². The Morgan fingerprint density at radius 2 is 1.89 bits per heavy atom. The number of aryl methyl sites for hydroxylation is 1. The average Bonchev–Trinajstić information content (AvgIpc) is 3.32. The Bertz CT molecular complexity index is 1570. The number of nitrogen functional groups attached to an aromatic ring is 1. The molecule has 0 unspecified atom stereocenters. The number of hydrogen-bond acceptors (Lipinski definition) is 7. The lowest BCUT2D eigenvalue weighted by Gasteiger charge is -2.22. The van der Waals surface area contributed by atoms with Crippen LogP contribution in [0.2, 0.25) is 0 Å². The molecule has 37 heavy (non-hydrogen) atoms. The van der Waals surface area contributed by atoms with E-state index in [-0.39, 0.29) is 28.9 Å². The minimum atomic E-state index is -4.40. The summed E-state index contributed by atoms with van der Waals surface area (Å²) in [6.07, 6.45) is 4.99. The van der Waals surface area contributed by atoms with Crippen LogP contribution in [-0.4, -0.2) is 41.3 Å². The first kappa shape index (κ1) is 24.8. The molecule has 0 radical (unpaired) electrons. The number of benzene rings is 2. The lowest BCUT2D eigenvalue weighted by atomic mass is 10.0. The van der Waals surface area contributed by atoms with E-state index in [1.165, 1.54) is 36.5 Å². The van der Waals surface area contributed by atoms with Crippen LogP contribution in [0.3, 0.4) is 0 Å². The van der Waals surface area contributed by atoms with Crippen molar-refractivity contribution in [2.75, 3.05) is 23.5 Å². The summed E-state index contributed by atoms with van der Waals surface area (Å²) in [7, 11) is -4.40. The van der Waals surface area contributed by atoms with Gasteiger partial charge in [-0.15, -0.1) is 0 Å². The van der Waals surface area contributed by atoms with Crippen molar-refractivity contribution >= 4 is 21.7 Å². The van der Waals surface area contributed by atoms with E-state index in [1.807, 2.05) is 0 Å². The van der Waals surface area contributed by atoms with Crippen LogP contribution < -0.4 is 15.8 Å². The molecule has 0 saturated carbocycles. The quantitative estimate of drug-likeness (QED) is 0.348. The molecule has 3 heterocycles. The molecule has 9 nitrogen and oxygen atoms in total. The van der Waals surface area contributed by atoms with Crippen LogP contribution in [0.5, 0.6) is 0 Å². The van der Waals surface area contributed by atoms with E-state index in [0.29, 0.717) is 16.8 Å². The van der Waals surface area contributed by atoms with Gasteiger partial charge in [0.15, 0.2) is 5.82 Å². The zero-order valence-electron chi connectivity index (χ0n) is 19.9. The highest BCUT2D eigenvalue weighted by atomic mass is 32.2. The monoisotopic (exact) mass is 525 g/mol. The second-order valence-electron chi connectivity index (χ2n) is 8.86. The smallest absolute Gasteiger partial charge is 0.264 e. The third kappa shape index (κ3) is 5.02. The highest BCUT2D eigenvalue weighted by Gasteiger charge is 2.26. The van der Waals surface area contributed by atoms with E-state index >= 15 is 4.39 Å². The molecule has 0 bridgehead atoms. The maximum absolute atomic E-state index is 15.9. The average molecular weight is 526 g/mol. The van der Waals surface area contributed by atoms with Crippen LogP contribution in [0.4, 0.5) is 20.4 Å². The van der Waals surface area contributed by atoms with Gasteiger partial charge in [-0.3, -0.25) is 9.40 Å². The van der Waals surface area contributed by atoms with Gasteiger partial charge in [0.1, 0.15) is 16.4 Å². The molecule has 4 N–H and O–H groups in total. The van der Waals surface area contributed by atoms with E-state index in [1.54, 1.807) is 23.9 Å². The van der Waals surface area contributed by atoms with Crippen molar-refractivity contribution in [3.63, 3.8) is 0 Å². The van der Waals surface area contributed by atoms with Gasteiger partial charge in [0.05, 0.1) is 17.4 Å². The van der Waals surface area contributed by atoms with Crippen molar-refractivity contribution in [1.29, 1.82) is 0 Å². The summed E-state index contributed by atoms with van der Waals surface area (Å²) in [6.45, 7) is 3.30. The number of piperidine rings is 1. The molecule has 192 valence electrons. The Balaban J connectivity index is 1.59. The summed E-state index contributed by atoms with van der Waals surface area (Å²) in [5.74, 6) is -1.72. The summed E-state index contributed by atoms with van der Waals surface area (Å²) >= 11 is 0. The van der Waals surface area contributed by atoms with Crippen molar-refractivity contribution in [2.45, 2.75) is 30.7 Å². The molecule has 5 rings (SSSR count). The highest BCUT2D eigenvalue weighted by Crippen LogP contribution is 2.36. The molecule has 12 heteroatoms. The van der Waals surface area contributed by atoms with Gasteiger partial charge < -0.3 is 11.1 Å². The first-order valence-electron chi connectivity index (χ1n) is 11.7. The lowest BCUT2D eigenvalue weighted by Crippen LogP contribution is -2.29. The molecule has 1 saturated heterocycles. The molecule has 1 aliphatic rings. The summed E-state index contributed by atoms with van der Waals surface area (Å²) in [5.41, 5.74) is 7.33. The fourth-order valence-electron chi connectivity index (χ4n) is 4.37. The normalized spacial score (nSPS) is 14.6. The first-order valence-corrected chi connectivity index (χ1v) is 13.2. The van der Waals surface area contributed by atoms with Crippen molar-refractivity contribution in [3.8, 4) is 22.5 Å². The number of nitrogens with two attached hydrogens (primary N) is 1. The predicted molar refractivity (Wildman–Crippen MR) is 136 cm³/mol. The largest absolute Gasteiger partial charge is 0.368 e. The highest BCUT2D eigenvalue weighted by molar-refractivity contribution is 7.92. The molecule has 4 aromatic rings. The summed E-state index contributed by atoms with van der Waals surface area (Å²) in [4.78, 5) is 7.65. The van der Waals surface area contributed by atoms with Crippen molar-refractivity contribution in [2.24, 2.45) is 0 Å². The van der Waals surface area contributed by atoms with Gasteiger partial charge in [-0.2, -0.15) is 5.10 Å². The zero-order valence-corrected chi connectivity index (χ0v) is 20.8. The second kappa shape index (κ2) is 9.87. The number of nitrogens with zero attached hydrogens (tertiary/aromatic N) is 4. The number of rotatable bonds is 6. The number of anilines is 2. The topological polar surface area (TPSA) is 128 Å². The van der Waals surface area contributed by atoms with Gasteiger partial charge in [0.2, 0.25) is 5.95 Å². The van der Waals surface area contributed by atoms with E-state index < -0.39 is 26.6 Å². The van der Waals surface area contributed by atoms with Gasteiger partial charge in [0.25, 0.3) is 10.0 Å². The predicted octanol–water partition coefficient (Wildman–Crippen LogP) is 3.90. The van der Waals surface area contributed by atoms with Crippen LogP contribution in [0.15, 0.2) is 59.8 Å². The molecular weight excluding hydrogens is 500 g/mol. The van der Waals surface area contributed by atoms with Crippen molar-refractivity contribution in [3.05, 3.63) is 72.1 Å². The molecule has 0 spiro atoms. The Hall–Kier alpha value is -3.90. The van der Waals surface area contributed by atoms with Crippen LogP contribution in [0, 0.1) is 18.6 Å². The fourth-order valence-corrected chi connectivity index (χ4v) is 5.59. The van der Waals surface area contributed by atoms with E-state index in [0.717, 1.165) is 32.0 Å². The first-order chi connectivity index (χ1) is 17.7. The zero-order chi connectivity index (χ0) is 26.2. The van der Waals surface area contributed by atoms with Crippen LogP contribution >= 0.6 is 0 Å². The molecule has 1 aliphatic heterocycles. The summed E-state index contributed by atoms with van der Waals surface area (Å²) < 4.78 is 60.0. The SMILES string of the molecule is Cc1ccc(F)c(S(=O)(=O)Nc2cccc(-c3nn(C4CCNCC4)cc3-c3ccnc(N)n3)c2F)c1. The van der Waals surface area contributed by atoms with E-state index in [4.69, 9.17) is 10.8 Å². The molecule has 2 aromatic heterocycles. The van der Waals surface area contributed by atoms with Gasteiger partial charge >= 0.3 is 0 Å².